The molecule has 0 bridgehead atoms. The Balaban J connectivity index is 2.38. The molecule has 0 saturated carbocycles. The molecule has 0 unspecified atom stereocenters. The van der Waals surface area contributed by atoms with Gasteiger partial charge in [-0.1, -0.05) is 0 Å². The highest BCUT2D eigenvalue weighted by molar-refractivity contribution is 5.57. The van der Waals surface area contributed by atoms with Crippen molar-refractivity contribution in [2.75, 3.05) is 5.73 Å². The predicted molar refractivity (Wildman–Crippen MR) is 59.3 cm³/mol. The highest BCUT2D eigenvalue weighted by Gasteiger charge is 2.09. The topological polar surface area (TPSA) is 74.0 Å². The number of hydrogen-bond donors (Lipinski definition) is 1. The molecule has 0 aromatic carbocycles. The molecule has 0 radical (unpaired) electrons. The van der Waals surface area contributed by atoms with Crippen LogP contribution in [0.4, 0.5) is 5.82 Å². The molecule has 3 rings (SSSR count). The minimum atomic E-state index is 0.452. The Hall–Kier alpha value is -2.37. The molecule has 0 fully saturated rings. The van der Waals surface area contributed by atoms with Crippen LogP contribution in [0, 0.1) is 6.92 Å². The Bertz CT molecular complexity index is 650. The van der Waals surface area contributed by atoms with Gasteiger partial charge in [0.25, 0.3) is 0 Å². The van der Waals surface area contributed by atoms with Crippen molar-refractivity contribution in [3.8, 4) is 5.82 Å². The summed E-state index contributed by atoms with van der Waals surface area (Å²) < 4.78 is 3.70. The minimum absolute atomic E-state index is 0.452. The van der Waals surface area contributed by atoms with Crippen LogP contribution in [0.5, 0.6) is 0 Å². The highest BCUT2D eigenvalue weighted by Crippen LogP contribution is 2.15. The van der Waals surface area contributed by atoms with Crippen LogP contribution in [0.1, 0.15) is 5.82 Å². The summed E-state index contributed by atoms with van der Waals surface area (Å²) in [6.07, 6.45) is 8.85. The monoisotopic (exact) mass is 214 g/mol. The lowest BCUT2D eigenvalue weighted by Crippen LogP contribution is -2.05. The van der Waals surface area contributed by atoms with Crippen LogP contribution in [0.25, 0.3) is 11.5 Å². The summed E-state index contributed by atoms with van der Waals surface area (Å²) in [5, 5.41) is 0. The summed E-state index contributed by atoms with van der Waals surface area (Å²) in [7, 11) is 0. The lowest BCUT2D eigenvalue weighted by atomic mass is 10.5. The molecule has 0 aliphatic heterocycles. The smallest absolute Gasteiger partial charge is 0.184 e. The molecule has 0 spiro atoms. The third kappa shape index (κ3) is 1.16. The first-order chi connectivity index (χ1) is 7.75. The number of aryl methyl sites for hydroxylation is 1. The minimum Gasteiger partial charge on any atom is -0.382 e. The van der Waals surface area contributed by atoms with Crippen LogP contribution in [0.15, 0.2) is 31.0 Å². The number of fused-ring (bicyclic) bond motifs is 1. The first kappa shape index (κ1) is 8.90. The van der Waals surface area contributed by atoms with Gasteiger partial charge in [-0.15, -0.1) is 0 Å². The fourth-order valence-corrected chi connectivity index (χ4v) is 1.70. The van der Waals surface area contributed by atoms with E-state index in [9.17, 15) is 0 Å². The molecule has 2 N–H and O–H groups in total. The van der Waals surface area contributed by atoms with E-state index in [-0.39, 0.29) is 0 Å². The van der Waals surface area contributed by atoms with Crippen molar-refractivity contribution >= 4 is 11.5 Å². The molecule has 0 aliphatic carbocycles. The zero-order valence-electron chi connectivity index (χ0n) is 8.70. The quantitative estimate of drug-likeness (QED) is 0.650. The molecule has 80 valence electrons. The lowest BCUT2D eigenvalue weighted by molar-refractivity contribution is 0.924. The van der Waals surface area contributed by atoms with Crippen LogP contribution >= 0.6 is 0 Å². The lowest BCUT2D eigenvalue weighted by Gasteiger charge is -2.06. The van der Waals surface area contributed by atoms with E-state index in [0.29, 0.717) is 11.6 Å². The average molecular weight is 214 g/mol. The van der Waals surface area contributed by atoms with Gasteiger partial charge in [-0.25, -0.2) is 15.0 Å². The van der Waals surface area contributed by atoms with E-state index in [2.05, 4.69) is 15.0 Å². The Morgan fingerprint density at radius 1 is 1.19 bits per heavy atom. The number of nitrogens with zero attached hydrogens (tertiary/aromatic N) is 5. The molecule has 3 aromatic rings. The first-order valence-electron chi connectivity index (χ1n) is 4.85. The van der Waals surface area contributed by atoms with Gasteiger partial charge in [-0.05, 0) is 6.92 Å². The average Bonchev–Trinajstić information content (AvgIpc) is 2.84. The van der Waals surface area contributed by atoms with Gasteiger partial charge < -0.3 is 10.1 Å². The van der Waals surface area contributed by atoms with E-state index in [0.717, 1.165) is 11.5 Å². The molecule has 0 aliphatic rings. The summed E-state index contributed by atoms with van der Waals surface area (Å²) in [6, 6.07) is 0. The van der Waals surface area contributed by atoms with E-state index in [1.165, 1.54) is 0 Å². The fourth-order valence-electron chi connectivity index (χ4n) is 1.70. The molecule has 0 atom stereocenters. The molecule has 3 aromatic heterocycles. The summed E-state index contributed by atoms with van der Waals surface area (Å²) >= 11 is 0. The summed E-state index contributed by atoms with van der Waals surface area (Å²) in [6.45, 7) is 1.91. The van der Waals surface area contributed by atoms with Crippen LogP contribution in [-0.2, 0) is 0 Å². The number of nitrogen functional groups attached to an aromatic ring is 1. The van der Waals surface area contributed by atoms with E-state index in [1.54, 1.807) is 18.6 Å². The summed E-state index contributed by atoms with van der Waals surface area (Å²) in [5.41, 5.74) is 6.51. The highest BCUT2D eigenvalue weighted by atomic mass is 15.2. The van der Waals surface area contributed by atoms with Crippen molar-refractivity contribution in [1.82, 2.24) is 23.9 Å². The number of anilines is 1. The van der Waals surface area contributed by atoms with Crippen molar-refractivity contribution in [3.63, 3.8) is 0 Å². The largest absolute Gasteiger partial charge is 0.382 e. The number of aromatic nitrogens is 5. The Morgan fingerprint density at radius 3 is 2.75 bits per heavy atom. The third-order valence-electron chi connectivity index (χ3n) is 2.43. The number of imidazole rings is 2. The van der Waals surface area contributed by atoms with Gasteiger partial charge in [-0.3, -0.25) is 4.57 Å². The van der Waals surface area contributed by atoms with Crippen LogP contribution in [0.3, 0.4) is 0 Å². The predicted octanol–water partition coefficient (Wildman–Crippen LogP) is 0.806. The van der Waals surface area contributed by atoms with Gasteiger partial charge in [-0.2, -0.15) is 0 Å². The van der Waals surface area contributed by atoms with Gasteiger partial charge in [0, 0.05) is 24.8 Å². The SMILES string of the molecule is Cc1nccn1-c1nc(N)cn2ccnc12. The van der Waals surface area contributed by atoms with Gasteiger partial charge >= 0.3 is 0 Å². The molecule has 16 heavy (non-hydrogen) atoms. The van der Waals surface area contributed by atoms with Crippen LogP contribution < -0.4 is 5.73 Å². The number of hydrogen-bond acceptors (Lipinski definition) is 4. The van der Waals surface area contributed by atoms with E-state index >= 15 is 0 Å². The van der Waals surface area contributed by atoms with E-state index in [1.807, 2.05) is 28.3 Å². The third-order valence-corrected chi connectivity index (χ3v) is 2.43. The summed E-state index contributed by atoms with van der Waals surface area (Å²) in [4.78, 5) is 12.7. The number of nitrogens with two attached hydrogens (primary N) is 1. The maximum absolute atomic E-state index is 5.75. The van der Waals surface area contributed by atoms with Crippen molar-refractivity contribution in [1.29, 1.82) is 0 Å². The summed E-state index contributed by atoms with van der Waals surface area (Å²) in [5.74, 6) is 2.00. The maximum atomic E-state index is 5.75. The zero-order valence-corrected chi connectivity index (χ0v) is 8.70. The van der Waals surface area contributed by atoms with E-state index in [4.69, 9.17) is 5.73 Å². The molecule has 0 saturated heterocycles. The van der Waals surface area contributed by atoms with Crippen molar-refractivity contribution < 1.29 is 0 Å². The maximum Gasteiger partial charge on any atom is 0.184 e. The zero-order chi connectivity index (χ0) is 11.1. The second-order valence-corrected chi connectivity index (χ2v) is 3.49. The van der Waals surface area contributed by atoms with Gasteiger partial charge in [0.05, 0.1) is 6.20 Å². The molecule has 6 nitrogen and oxygen atoms in total. The second-order valence-electron chi connectivity index (χ2n) is 3.49. The Morgan fingerprint density at radius 2 is 2.00 bits per heavy atom. The molecular formula is C10H10N6. The molecule has 0 amide bonds. The Labute approximate surface area is 91.4 Å². The number of rotatable bonds is 1. The van der Waals surface area contributed by atoms with Gasteiger partial charge in [0.15, 0.2) is 11.5 Å². The van der Waals surface area contributed by atoms with Crippen molar-refractivity contribution in [2.45, 2.75) is 6.92 Å². The van der Waals surface area contributed by atoms with Crippen LogP contribution in [-0.4, -0.2) is 23.9 Å². The first-order valence-corrected chi connectivity index (χ1v) is 4.85. The molecular weight excluding hydrogens is 204 g/mol. The van der Waals surface area contributed by atoms with Gasteiger partial charge in [0.1, 0.15) is 11.6 Å². The van der Waals surface area contributed by atoms with Gasteiger partial charge in [0.2, 0.25) is 0 Å². The van der Waals surface area contributed by atoms with Crippen molar-refractivity contribution in [2.24, 2.45) is 0 Å². The van der Waals surface area contributed by atoms with E-state index < -0.39 is 0 Å². The Kier molecular flexibility index (Phi) is 1.70. The second kappa shape index (κ2) is 3.06. The molecule has 3 heterocycles. The normalized spacial score (nSPS) is 11.1. The molecule has 6 heteroatoms. The van der Waals surface area contributed by atoms with Crippen molar-refractivity contribution in [3.05, 3.63) is 36.8 Å². The van der Waals surface area contributed by atoms with Crippen LogP contribution in [0.2, 0.25) is 0 Å². The fraction of sp³-hybridized carbons (Fsp3) is 0.100. The standard InChI is InChI=1S/C10H10N6/c1-7-12-3-5-16(7)10-9-13-2-4-15(9)6-8(11)14-10/h2-6H,11H2,1H3.